The van der Waals surface area contributed by atoms with Crippen LogP contribution >= 0.6 is 11.6 Å². The number of fused-ring (bicyclic) bond motifs is 1. The van der Waals surface area contributed by atoms with Crippen molar-refractivity contribution in [3.63, 3.8) is 0 Å². The number of hydrogen-bond acceptors (Lipinski definition) is 6. The van der Waals surface area contributed by atoms with Crippen molar-refractivity contribution in [2.45, 2.75) is 25.0 Å². The highest BCUT2D eigenvalue weighted by Crippen LogP contribution is 2.33. The zero-order valence-electron chi connectivity index (χ0n) is 18.6. The van der Waals surface area contributed by atoms with E-state index >= 15 is 0 Å². The largest absolute Gasteiger partial charge is 0.454 e. The lowest BCUT2D eigenvalue weighted by Gasteiger charge is -2.29. The molecule has 1 saturated heterocycles. The third-order valence-electron chi connectivity index (χ3n) is 6.00. The van der Waals surface area contributed by atoms with Crippen molar-refractivity contribution in [1.82, 2.24) is 9.97 Å². The van der Waals surface area contributed by atoms with Crippen LogP contribution in [0.5, 0.6) is 11.5 Å². The van der Waals surface area contributed by atoms with Gasteiger partial charge in [0.2, 0.25) is 0 Å². The SMILES string of the molecule is O=C(c1ccc(Oc2ccccc2F)cc1Cl)c1c[nH]c2nccc(N[C@@H]3CC[C@@H](CO)OC3)c12. The van der Waals surface area contributed by atoms with Crippen LogP contribution in [0.4, 0.5) is 10.1 Å². The van der Waals surface area contributed by atoms with Gasteiger partial charge in [0.05, 0.1) is 35.3 Å². The number of para-hydroxylation sites is 1. The van der Waals surface area contributed by atoms with Crippen molar-refractivity contribution in [2.24, 2.45) is 0 Å². The summed E-state index contributed by atoms with van der Waals surface area (Å²) in [6, 6.07) is 12.5. The second-order valence-electron chi connectivity index (χ2n) is 8.34. The van der Waals surface area contributed by atoms with E-state index < -0.39 is 5.82 Å². The number of anilines is 1. The number of carbonyl (C=O) groups excluding carboxylic acids is 1. The zero-order chi connectivity index (χ0) is 24.4. The summed E-state index contributed by atoms with van der Waals surface area (Å²) < 4.78 is 25.2. The molecule has 2 aromatic heterocycles. The topological polar surface area (TPSA) is 96.5 Å². The number of aliphatic hydroxyl groups is 1. The van der Waals surface area contributed by atoms with Crippen molar-refractivity contribution in [1.29, 1.82) is 0 Å². The van der Waals surface area contributed by atoms with E-state index in [1.54, 1.807) is 36.7 Å². The first-order valence-corrected chi connectivity index (χ1v) is 11.6. The summed E-state index contributed by atoms with van der Waals surface area (Å²) in [6.07, 6.45) is 4.72. The van der Waals surface area contributed by atoms with E-state index in [2.05, 4.69) is 15.3 Å². The second-order valence-corrected chi connectivity index (χ2v) is 8.75. The maximum absolute atomic E-state index is 13.9. The molecule has 1 aliphatic rings. The third-order valence-corrected chi connectivity index (χ3v) is 6.31. The molecule has 1 aliphatic heterocycles. The van der Waals surface area contributed by atoms with Crippen molar-refractivity contribution < 1.29 is 23.8 Å². The lowest BCUT2D eigenvalue weighted by molar-refractivity contribution is -0.0223. The normalized spacial score (nSPS) is 17.9. The first-order chi connectivity index (χ1) is 17.0. The second kappa shape index (κ2) is 10.0. The molecule has 9 heteroatoms. The Balaban J connectivity index is 1.40. The monoisotopic (exact) mass is 495 g/mol. The van der Waals surface area contributed by atoms with E-state index in [4.69, 9.17) is 21.1 Å². The van der Waals surface area contributed by atoms with Gasteiger partial charge in [-0.2, -0.15) is 0 Å². The first kappa shape index (κ1) is 23.3. The number of aromatic amines is 1. The predicted octanol–water partition coefficient (Wildman–Crippen LogP) is 5.33. The van der Waals surface area contributed by atoms with Crippen LogP contribution in [0.25, 0.3) is 11.0 Å². The number of pyridine rings is 1. The summed E-state index contributed by atoms with van der Waals surface area (Å²) in [5.41, 5.74) is 2.03. The van der Waals surface area contributed by atoms with E-state index in [0.29, 0.717) is 29.0 Å². The van der Waals surface area contributed by atoms with E-state index in [9.17, 15) is 14.3 Å². The lowest BCUT2D eigenvalue weighted by Crippen LogP contribution is -2.36. The van der Waals surface area contributed by atoms with Crippen LogP contribution in [0.1, 0.15) is 28.8 Å². The summed E-state index contributed by atoms with van der Waals surface area (Å²) in [5, 5.41) is 13.6. The number of H-pyrrole nitrogens is 1. The molecule has 180 valence electrons. The van der Waals surface area contributed by atoms with E-state index in [0.717, 1.165) is 18.5 Å². The molecular weight excluding hydrogens is 473 g/mol. The van der Waals surface area contributed by atoms with Gasteiger partial charge in [0.15, 0.2) is 17.3 Å². The van der Waals surface area contributed by atoms with Crippen LogP contribution in [0.15, 0.2) is 60.9 Å². The molecule has 2 aromatic carbocycles. The van der Waals surface area contributed by atoms with Crippen LogP contribution in [0, 0.1) is 5.82 Å². The van der Waals surface area contributed by atoms with Gasteiger partial charge in [-0.25, -0.2) is 9.37 Å². The number of ketones is 1. The Hall–Kier alpha value is -3.46. The Labute approximate surface area is 205 Å². The molecule has 0 saturated carbocycles. The fourth-order valence-electron chi connectivity index (χ4n) is 4.18. The minimum atomic E-state index is -0.495. The smallest absolute Gasteiger partial charge is 0.196 e. The average molecular weight is 496 g/mol. The molecule has 1 fully saturated rings. The highest BCUT2D eigenvalue weighted by molar-refractivity contribution is 6.35. The molecule has 0 spiro atoms. The average Bonchev–Trinajstić information content (AvgIpc) is 3.31. The predicted molar refractivity (Wildman–Crippen MR) is 131 cm³/mol. The molecule has 4 aromatic rings. The maximum Gasteiger partial charge on any atom is 0.196 e. The molecular formula is C26H23ClFN3O4. The molecule has 2 atom stereocenters. The van der Waals surface area contributed by atoms with Crippen LogP contribution < -0.4 is 10.1 Å². The Bertz CT molecular complexity index is 1370. The highest BCUT2D eigenvalue weighted by Gasteiger charge is 2.24. The Morgan fingerprint density at radius 1 is 1.23 bits per heavy atom. The van der Waals surface area contributed by atoms with Gasteiger partial charge in [-0.1, -0.05) is 23.7 Å². The summed E-state index contributed by atoms with van der Waals surface area (Å²) in [5.74, 6) is -0.392. The number of ether oxygens (including phenoxy) is 2. The fraction of sp³-hybridized carbons (Fsp3) is 0.231. The highest BCUT2D eigenvalue weighted by atomic mass is 35.5. The number of nitrogens with zero attached hydrogens (tertiary/aromatic N) is 1. The first-order valence-electron chi connectivity index (χ1n) is 11.2. The molecule has 0 bridgehead atoms. The van der Waals surface area contributed by atoms with Crippen LogP contribution in [-0.4, -0.2) is 46.2 Å². The van der Waals surface area contributed by atoms with Gasteiger partial charge in [-0.05, 0) is 43.2 Å². The van der Waals surface area contributed by atoms with Gasteiger partial charge >= 0.3 is 0 Å². The summed E-state index contributed by atoms with van der Waals surface area (Å²) >= 11 is 6.45. The number of nitrogens with one attached hydrogen (secondary N) is 2. The Kier molecular flexibility index (Phi) is 6.68. The van der Waals surface area contributed by atoms with E-state index in [1.807, 2.05) is 6.07 Å². The number of carbonyl (C=O) groups is 1. The molecule has 7 nitrogen and oxygen atoms in total. The minimum Gasteiger partial charge on any atom is -0.454 e. The molecule has 3 N–H and O–H groups in total. The number of aromatic nitrogens is 2. The molecule has 0 aliphatic carbocycles. The fourth-order valence-corrected chi connectivity index (χ4v) is 4.44. The zero-order valence-corrected chi connectivity index (χ0v) is 19.4. The minimum absolute atomic E-state index is 0.00750. The van der Waals surface area contributed by atoms with Crippen LogP contribution in [-0.2, 0) is 4.74 Å². The Morgan fingerprint density at radius 2 is 2.09 bits per heavy atom. The Morgan fingerprint density at radius 3 is 2.83 bits per heavy atom. The molecule has 0 amide bonds. The van der Waals surface area contributed by atoms with Gasteiger partial charge in [-0.3, -0.25) is 4.79 Å². The van der Waals surface area contributed by atoms with E-state index in [1.165, 1.54) is 18.2 Å². The van der Waals surface area contributed by atoms with Crippen molar-refractivity contribution in [3.8, 4) is 11.5 Å². The molecule has 5 rings (SSSR count). The van der Waals surface area contributed by atoms with Gasteiger partial charge < -0.3 is 24.9 Å². The standard InChI is InChI=1S/C26H23ClFN3O4/c27-20-11-16(35-23-4-2-1-3-21(23)28)7-8-18(20)25(33)19-12-30-26-24(19)22(9-10-29-26)31-15-5-6-17(13-32)34-14-15/h1-4,7-12,15,17,32H,5-6,13-14H2,(H2,29,30,31)/t15-,17+/m1/s1. The van der Waals surface area contributed by atoms with Crippen molar-refractivity contribution in [3.05, 3.63) is 82.9 Å². The number of halogens is 2. The van der Waals surface area contributed by atoms with Crippen molar-refractivity contribution in [2.75, 3.05) is 18.5 Å². The van der Waals surface area contributed by atoms with Gasteiger partial charge in [0.25, 0.3) is 0 Å². The lowest BCUT2D eigenvalue weighted by atomic mass is 10.0. The molecule has 3 heterocycles. The molecule has 0 unspecified atom stereocenters. The number of rotatable bonds is 7. The van der Waals surface area contributed by atoms with Crippen molar-refractivity contribution >= 4 is 34.1 Å². The number of aliphatic hydroxyl groups excluding tert-OH is 1. The van der Waals surface area contributed by atoms with E-state index in [-0.39, 0.29) is 40.9 Å². The summed E-state index contributed by atoms with van der Waals surface area (Å²) in [4.78, 5) is 20.9. The molecule has 0 radical (unpaired) electrons. The maximum atomic E-state index is 13.9. The number of hydrogen-bond donors (Lipinski definition) is 3. The van der Waals surface area contributed by atoms with Crippen LogP contribution in [0.3, 0.4) is 0 Å². The van der Waals surface area contributed by atoms with Crippen LogP contribution in [0.2, 0.25) is 5.02 Å². The summed E-state index contributed by atoms with van der Waals surface area (Å²) in [6.45, 7) is 0.464. The quantitative estimate of drug-likeness (QED) is 0.300. The summed E-state index contributed by atoms with van der Waals surface area (Å²) in [7, 11) is 0. The van der Waals surface area contributed by atoms with Gasteiger partial charge in [0.1, 0.15) is 11.4 Å². The third kappa shape index (κ3) is 4.86. The van der Waals surface area contributed by atoms with Gasteiger partial charge in [-0.15, -0.1) is 0 Å². The van der Waals surface area contributed by atoms with Gasteiger partial charge in [0, 0.05) is 35.8 Å². The molecule has 35 heavy (non-hydrogen) atoms. The number of benzene rings is 2.